The molecule has 4 atom stereocenters. The molecule has 4 heterocycles. The number of piperidine rings is 1. The van der Waals surface area contributed by atoms with Crippen molar-refractivity contribution in [3.63, 3.8) is 0 Å². The molecule has 3 aliphatic rings. The summed E-state index contributed by atoms with van der Waals surface area (Å²) in [6.45, 7) is 6.32. The van der Waals surface area contributed by atoms with Gasteiger partial charge in [-0.2, -0.15) is 4.98 Å². The van der Waals surface area contributed by atoms with Crippen LogP contribution in [0.1, 0.15) is 43.4 Å². The van der Waals surface area contributed by atoms with Gasteiger partial charge in [0.15, 0.2) is 12.0 Å². The van der Waals surface area contributed by atoms with Crippen LogP contribution < -0.4 is 10.1 Å². The minimum atomic E-state index is -1.35. The van der Waals surface area contributed by atoms with E-state index in [1.54, 1.807) is 6.07 Å². The van der Waals surface area contributed by atoms with Crippen LogP contribution in [-0.2, 0) is 9.53 Å². The molecule has 222 valence electrons. The third kappa shape index (κ3) is 6.08. The average molecular weight is 577 g/mol. The zero-order valence-corrected chi connectivity index (χ0v) is 23.9. The molecule has 2 aromatic carbocycles. The zero-order chi connectivity index (χ0) is 29.2. The smallest absolute Gasteiger partial charge is 0.251 e. The van der Waals surface area contributed by atoms with Gasteiger partial charge in [0.1, 0.15) is 24.3 Å². The van der Waals surface area contributed by atoms with Crippen LogP contribution in [0.5, 0.6) is 5.75 Å². The van der Waals surface area contributed by atoms with Crippen molar-refractivity contribution in [3.8, 4) is 17.1 Å². The van der Waals surface area contributed by atoms with Crippen LogP contribution in [0.2, 0.25) is 0 Å². The van der Waals surface area contributed by atoms with Crippen molar-refractivity contribution < 1.29 is 23.8 Å². The minimum Gasteiger partial charge on any atom is -0.487 e. The number of hydrogen-bond acceptors (Lipinski definition) is 9. The molecule has 10 nitrogen and oxygen atoms in total. The number of alkyl halides is 1. The Balaban J connectivity index is 1.08. The summed E-state index contributed by atoms with van der Waals surface area (Å²) in [6, 6.07) is 15.0. The lowest BCUT2D eigenvalue weighted by Gasteiger charge is -2.38. The first-order valence-electron chi connectivity index (χ1n) is 14.6. The standard InChI is InChI=1S/C31H37FN6O4/c1-19-14-22(7-10-27(19)42-28-11-13-37(15-25(28)32)30(40)20(2)39)29-33-18-34-31(36-29)35-23-8-5-21(6-9-23)26-4-3-12-38(26)24-16-41-17-24/h5-10,14,18,20,24-26,28,39H,3-4,11-13,15-17H2,1-2H3,(H,33,34,35,36)/t20-,25+,26+,28-/m0/s1. The van der Waals surface area contributed by atoms with Gasteiger partial charge < -0.3 is 24.8 Å². The van der Waals surface area contributed by atoms with E-state index in [1.165, 1.54) is 36.6 Å². The summed E-state index contributed by atoms with van der Waals surface area (Å²) in [7, 11) is 0. The molecule has 0 saturated carbocycles. The van der Waals surface area contributed by atoms with Crippen LogP contribution in [0.25, 0.3) is 11.4 Å². The molecule has 0 spiro atoms. The fourth-order valence-corrected chi connectivity index (χ4v) is 5.98. The molecule has 0 unspecified atom stereocenters. The van der Waals surface area contributed by atoms with E-state index in [0.717, 1.165) is 36.6 Å². The number of amides is 1. The number of aryl methyl sites for hydroxylation is 1. The van der Waals surface area contributed by atoms with E-state index in [-0.39, 0.29) is 6.54 Å². The van der Waals surface area contributed by atoms with Crippen LogP contribution in [0.4, 0.5) is 16.0 Å². The predicted molar refractivity (Wildman–Crippen MR) is 155 cm³/mol. The van der Waals surface area contributed by atoms with Gasteiger partial charge in [-0.3, -0.25) is 9.69 Å². The third-order valence-electron chi connectivity index (χ3n) is 8.37. The van der Waals surface area contributed by atoms with E-state index in [1.807, 2.05) is 19.1 Å². The summed E-state index contributed by atoms with van der Waals surface area (Å²) in [5.41, 5.74) is 3.82. The Hall–Kier alpha value is -3.67. The van der Waals surface area contributed by atoms with E-state index < -0.39 is 24.3 Å². The van der Waals surface area contributed by atoms with Gasteiger partial charge in [0.05, 0.1) is 25.8 Å². The van der Waals surface area contributed by atoms with Gasteiger partial charge in [0.2, 0.25) is 5.95 Å². The number of nitrogens with zero attached hydrogens (tertiary/aromatic N) is 5. The number of anilines is 2. The van der Waals surface area contributed by atoms with Crippen molar-refractivity contribution in [2.45, 2.75) is 63.6 Å². The van der Waals surface area contributed by atoms with E-state index >= 15 is 0 Å². The summed E-state index contributed by atoms with van der Waals surface area (Å²) < 4.78 is 26.3. The van der Waals surface area contributed by atoms with E-state index in [0.29, 0.717) is 42.6 Å². The maximum Gasteiger partial charge on any atom is 0.251 e. The molecule has 3 saturated heterocycles. The summed E-state index contributed by atoms with van der Waals surface area (Å²) in [5, 5.41) is 12.8. The number of hydrogen-bond donors (Lipinski definition) is 2. The maximum atomic E-state index is 14.8. The highest BCUT2D eigenvalue weighted by atomic mass is 19.1. The number of nitrogens with one attached hydrogen (secondary N) is 1. The molecule has 1 aromatic heterocycles. The molecule has 2 N–H and O–H groups in total. The number of aromatic nitrogens is 3. The maximum absolute atomic E-state index is 14.8. The molecule has 0 aliphatic carbocycles. The van der Waals surface area contributed by atoms with Crippen LogP contribution in [-0.4, -0.2) is 93.0 Å². The number of ether oxygens (including phenoxy) is 2. The molecule has 3 aromatic rings. The Kier molecular flexibility index (Phi) is 8.32. The summed E-state index contributed by atoms with van der Waals surface area (Å²) in [6.07, 6.45) is 1.05. The number of aliphatic hydroxyl groups is 1. The highest BCUT2D eigenvalue weighted by Crippen LogP contribution is 2.36. The van der Waals surface area contributed by atoms with E-state index in [9.17, 15) is 14.3 Å². The highest BCUT2D eigenvalue weighted by molar-refractivity contribution is 5.80. The first-order chi connectivity index (χ1) is 20.4. The molecule has 3 aliphatic heterocycles. The normalized spacial score (nSPS) is 23.8. The van der Waals surface area contributed by atoms with Crippen LogP contribution in [0, 0.1) is 6.92 Å². The number of benzene rings is 2. The van der Waals surface area contributed by atoms with E-state index in [2.05, 4.69) is 49.4 Å². The molecule has 0 radical (unpaired) electrons. The van der Waals surface area contributed by atoms with Crippen molar-refractivity contribution >= 4 is 17.5 Å². The van der Waals surface area contributed by atoms with Crippen molar-refractivity contribution in [1.82, 2.24) is 24.8 Å². The Bertz CT molecular complexity index is 1400. The van der Waals surface area contributed by atoms with E-state index in [4.69, 9.17) is 9.47 Å². The van der Waals surface area contributed by atoms with Gasteiger partial charge in [-0.1, -0.05) is 12.1 Å². The third-order valence-corrected chi connectivity index (χ3v) is 8.37. The highest BCUT2D eigenvalue weighted by Gasteiger charge is 2.36. The van der Waals surface area contributed by atoms with Crippen molar-refractivity contribution in [1.29, 1.82) is 0 Å². The monoisotopic (exact) mass is 576 g/mol. The average Bonchev–Trinajstić information content (AvgIpc) is 3.43. The molecule has 3 fully saturated rings. The molecule has 42 heavy (non-hydrogen) atoms. The number of aliphatic hydroxyl groups excluding tert-OH is 1. The summed E-state index contributed by atoms with van der Waals surface area (Å²) in [5.74, 6) is 1.06. The fourth-order valence-electron chi connectivity index (χ4n) is 5.98. The molecular weight excluding hydrogens is 539 g/mol. The molecule has 11 heteroatoms. The van der Waals surface area contributed by atoms with Crippen LogP contribution in [0.15, 0.2) is 48.8 Å². The molecular formula is C31H37FN6O4. The van der Waals surface area contributed by atoms with Gasteiger partial charge in [-0.25, -0.2) is 14.4 Å². The Labute approximate surface area is 244 Å². The predicted octanol–water partition coefficient (Wildman–Crippen LogP) is 3.82. The minimum absolute atomic E-state index is 0.0934. The quantitative estimate of drug-likeness (QED) is 0.413. The Morgan fingerprint density at radius 1 is 1.14 bits per heavy atom. The number of carbonyl (C=O) groups excluding carboxylic acids is 1. The van der Waals surface area contributed by atoms with Gasteiger partial charge in [-0.15, -0.1) is 0 Å². The van der Waals surface area contributed by atoms with Crippen molar-refractivity contribution in [2.75, 3.05) is 38.2 Å². The SMILES string of the molecule is Cc1cc(-c2ncnc(Nc3ccc([C@H]4CCCN4C4COC4)cc3)n2)ccc1O[C@H]1CCN(C(=O)[C@H](C)O)C[C@H]1F. The molecule has 0 bridgehead atoms. The molecule has 1 amide bonds. The van der Waals surface area contributed by atoms with Crippen LogP contribution in [0.3, 0.4) is 0 Å². The van der Waals surface area contributed by atoms with Gasteiger partial charge in [0, 0.05) is 30.3 Å². The summed E-state index contributed by atoms with van der Waals surface area (Å²) >= 11 is 0. The number of likely N-dealkylation sites (tertiary alicyclic amines) is 2. The number of rotatable bonds is 8. The summed E-state index contributed by atoms with van der Waals surface area (Å²) in [4.78, 5) is 29.2. The topological polar surface area (TPSA) is 113 Å². The van der Waals surface area contributed by atoms with Gasteiger partial charge in [-0.05, 0) is 74.7 Å². The second kappa shape index (κ2) is 12.3. The number of carbonyl (C=O) groups is 1. The van der Waals surface area contributed by atoms with Crippen molar-refractivity contribution in [3.05, 3.63) is 59.9 Å². The Morgan fingerprint density at radius 2 is 1.95 bits per heavy atom. The lowest BCUT2D eigenvalue weighted by molar-refractivity contribution is -0.143. The first kappa shape index (κ1) is 28.4. The zero-order valence-electron chi connectivity index (χ0n) is 23.9. The largest absolute Gasteiger partial charge is 0.487 e. The fraction of sp³-hybridized carbons (Fsp3) is 0.484. The van der Waals surface area contributed by atoms with Crippen molar-refractivity contribution in [2.24, 2.45) is 0 Å². The second-order valence-electron chi connectivity index (χ2n) is 11.4. The molecule has 6 rings (SSSR count). The lowest BCUT2D eigenvalue weighted by atomic mass is 10.0. The number of halogens is 1. The van der Waals surface area contributed by atoms with Gasteiger partial charge in [0.25, 0.3) is 5.91 Å². The second-order valence-corrected chi connectivity index (χ2v) is 11.4. The van der Waals surface area contributed by atoms with Crippen LogP contribution >= 0.6 is 0 Å². The van der Waals surface area contributed by atoms with Gasteiger partial charge >= 0.3 is 0 Å². The Morgan fingerprint density at radius 3 is 2.64 bits per heavy atom. The first-order valence-corrected chi connectivity index (χ1v) is 14.6. The lowest BCUT2D eigenvalue weighted by Crippen LogP contribution is -2.51.